The van der Waals surface area contributed by atoms with E-state index in [0.717, 1.165) is 42.8 Å². The van der Waals surface area contributed by atoms with Crippen molar-refractivity contribution in [3.63, 3.8) is 0 Å². The minimum absolute atomic E-state index is 0.0527. The van der Waals surface area contributed by atoms with Gasteiger partial charge in [0.1, 0.15) is 11.5 Å². The number of nitrogens with zero attached hydrogens (tertiary/aromatic N) is 5. The van der Waals surface area contributed by atoms with Crippen LogP contribution in [0.2, 0.25) is 0 Å². The highest BCUT2D eigenvalue weighted by Gasteiger charge is 2.25. The summed E-state index contributed by atoms with van der Waals surface area (Å²) in [5.74, 6) is 1.99. The molecule has 8 heteroatoms. The fourth-order valence-corrected chi connectivity index (χ4v) is 4.53. The van der Waals surface area contributed by atoms with Gasteiger partial charge in [0.25, 0.3) is 5.91 Å². The van der Waals surface area contributed by atoms with Gasteiger partial charge in [0.05, 0.1) is 12.2 Å². The fourth-order valence-electron chi connectivity index (χ4n) is 4.53. The van der Waals surface area contributed by atoms with Crippen LogP contribution in [0.5, 0.6) is 0 Å². The van der Waals surface area contributed by atoms with Gasteiger partial charge in [-0.25, -0.2) is 4.98 Å². The van der Waals surface area contributed by atoms with Gasteiger partial charge in [-0.1, -0.05) is 51.1 Å². The molecule has 0 spiro atoms. The van der Waals surface area contributed by atoms with Crippen molar-refractivity contribution in [2.24, 2.45) is 5.92 Å². The number of rotatable bonds is 8. The summed E-state index contributed by atoms with van der Waals surface area (Å²) in [6.45, 7) is 7.63. The first kappa shape index (κ1) is 25.7. The topological polar surface area (TPSA) is 88.0 Å². The number of carbonyl (C=O) groups is 1. The zero-order chi connectivity index (χ0) is 25.7. The van der Waals surface area contributed by atoms with Crippen molar-refractivity contribution in [2.45, 2.75) is 64.5 Å². The first-order valence-corrected chi connectivity index (χ1v) is 12.9. The molecule has 0 aliphatic heterocycles. The molecule has 1 aliphatic rings. The summed E-state index contributed by atoms with van der Waals surface area (Å²) in [5.41, 5.74) is 2.55. The number of amides is 1. The number of carbonyl (C=O) groups excluding carboxylic acids is 1. The van der Waals surface area contributed by atoms with Gasteiger partial charge >= 0.3 is 0 Å². The SMILES string of the molecule is CN(C)c1ccnc(N[C@H]2CC[C@@H](CNC(=O)c3cc(C(C)(C)C)nn3Cc3ccccc3)CC2)n1. The second kappa shape index (κ2) is 11.1. The van der Waals surface area contributed by atoms with Crippen LogP contribution in [0.15, 0.2) is 48.7 Å². The molecule has 8 nitrogen and oxygen atoms in total. The number of benzene rings is 1. The molecule has 0 unspecified atom stereocenters. The quantitative estimate of drug-likeness (QED) is 0.485. The Balaban J connectivity index is 1.33. The maximum atomic E-state index is 13.2. The molecule has 192 valence electrons. The number of hydrogen-bond donors (Lipinski definition) is 2. The highest BCUT2D eigenvalue weighted by atomic mass is 16.2. The van der Waals surface area contributed by atoms with Gasteiger partial charge in [0.2, 0.25) is 5.95 Å². The van der Waals surface area contributed by atoms with E-state index in [4.69, 9.17) is 5.10 Å². The molecular formula is C28H39N7O. The molecule has 0 radical (unpaired) electrons. The van der Waals surface area contributed by atoms with Crippen LogP contribution in [0.3, 0.4) is 0 Å². The molecule has 0 saturated heterocycles. The average molecular weight is 490 g/mol. The van der Waals surface area contributed by atoms with E-state index in [0.29, 0.717) is 36.7 Å². The van der Waals surface area contributed by atoms with E-state index in [1.165, 1.54) is 0 Å². The second-order valence-corrected chi connectivity index (χ2v) is 11.0. The first-order valence-electron chi connectivity index (χ1n) is 12.9. The third-order valence-electron chi connectivity index (χ3n) is 6.79. The Morgan fingerprint density at radius 1 is 1.08 bits per heavy atom. The van der Waals surface area contributed by atoms with Gasteiger partial charge in [-0.2, -0.15) is 10.1 Å². The summed E-state index contributed by atoms with van der Waals surface area (Å²) in [6.07, 6.45) is 5.98. The van der Waals surface area contributed by atoms with E-state index in [2.05, 4.69) is 53.5 Å². The minimum Gasteiger partial charge on any atom is -0.363 e. The van der Waals surface area contributed by atoms with Crippen LogP contribution in [0.25, 0.3) is 0 Å². The maximum Gasteiger partial charge on any atom is 0.269 e. The van der Waals surface area contributed by atoms with Gasteiger partial charge < -0.3 is 15.5 Å². The Morgan fingerprint density at radius 3 is 2.47 bits per heavy atom. The predicted octanol–water partition coefficient (Wildman–Crippen LogP) is 4.49. The van der Waals surface area contributed by atoms with Crippen LogP contribution in [0, 0.1) is 5.92 Å². The van der Waals surface area contributed by atoms with Crippen LogP contribution in [0.4, 0.5) is 11.8 Å². The van der Waals surface area contributed by atoms with Crippen molar-refractivity contribution in [3.05, 3.63) is 65.6 Å². The summed E-state index contributed by atoms with van der Waals surface area (Å²) in [7, 11) is 3.95. The lowest BCUT2D eigenvalue weighted by Gasteiger charge is -2.29. The smallest absolute Gasteiger partial charge is 0.269 e. The normalized spacial score (nSPS) is 18.0. The average Bonchev–Trinajstić information content (AvgIpc) is 3.29. The number of anilines is 2. The number of nitrogens with one attached hydrogen (secondary N) is 2. The van der Waals surface area contributed by atoms with Gasteiger partial charge in [-0.3, -0.25) is 9.48 Å². The standard InChI is InChI=1S/C28H39N7O/c1-28(2,3)24-17-23(35(33-24)19-21-9-7-6-8-10-21)26(36)30-18-20-11-13-22(14-12-20)31-27-29-16-15-25(32-27)34(4)5/h6-10,15-17,20,22H,11-14,18-19H2,1-5H3,(H,30,36)(H,29,31,32)/t20-,22+. The van der Waals surface area contributed by atoms with Crippen LogP contribution in [-0.4, -0.2) is 52.3 Å². The van der Waals surface area contributed by atoms with Crippen LogP contribution < -0.4 is 15.5 Å². The summed E-state index contributed by atoms with van der Waals surface area (Å²) in [6, 6.07) is 14.4. The monoisotopic (exact) mass is 489 g/mol. The lowest BCUT2D eigenvalue weighted by atomic mass is 9.86. The molecule has 2 aromatic heterocycles. The van der Waals surface area contributed by atoms with Crippen LogP contribution >= 0.6 is 0 Å². The van der Waals surface area contributed by atoms with E-state index in [9.17, 15) is 4.79 Å². The molecule has 2 N–H and O–H groups in total. The van der Waals surface area contributed by atoms with Crippen molar-refractivity contribution in [3.8, 4) is 0 Å². The number of aromatic nitrogens is 4. The van der Waals surface area contributed by atoms with Gasteiger partial charge in [-0.15, -0.1) is 0 Å². The Labute approximate surface area is 214 Å². The third kappa shape index (κ3) is 6.62. The Bertz CT molecular complexity index is 1140. The molecular weight excluding hydrogens is 450 g/mol. The lowest BCUT2D eigenvalue weighted by molar-refractivity contribution is 0.0933. The van der Waals surface area contributed by atoms with Crippen molar-refractivity contribution in [1.82, 2.24) is 25.1 Å². The van der Waals surface area contributed by atoms with Crippen molar-refractivity contribution in [1.29, 1.82) is 0 Å². The second-order valence-electron chi connectivity index (χ2n) is 11.0. The van der Waals surface area contributed by atoms with Crippen LogP contribution in [0.1, 0.15) is 68.2 Å². The van der Waals surface area contributed by atoms with E-state index in [1.807, 2.05) is 54.0 Å². The molecule has 1 aromatic carbocycles. The largest absolute Gasteiger partial charge is 0.363 e. The maximum absolute atomic E-state index is 13.2. The summed E-state index contributed by atoms with van der Waals surface area (Å²) in [4.78, 5) is 24.1. The Hall–Kier alpha value is -3.42. The van der Waals surface area contributed by atoms with Crippen molar-refractivity contribution >= 4 is 17.7 Å². The van der Waals surface area contributed by atoms with Crippen molar-refractivity contribution < 1.29 is 4.79 Å². The molecule has 3 aromatic rings. The van der Waals surface area contributed by atoms with Gasteiger partial charge in [-0.05, 0) is 49.3 Å². The summed E-state index contributed by atoms with van der Waals surface area (Å²) < 4.78 is 1.84. The van der Waals surface area contributed by atoms with E-state index in [-0.39, 0.29) is 11.3 Å². The van der Waals surface area contributed by atoms with Gasteiger partial charge in [0, 0.05) is 38.3 Å². The Kier molecular flexibility index (Phi) is 7.91. The summed E-state index contributed by atoms with van der Waals surface area (Å²) >= 11 is 0. The zero-order valence-electron chi connectivity index (χ0n) is 22.2. The van der Waals surface area contributed by atoms with E-state index < -0.39 is 0 Å². The molecule has 1 aliphatic carbocycles. The Morgan fingerprint density at radius 2 is 1.81 bits per heavy atom. The highest BCUT2D eigenvalue weighted by Crippen LogP contribution is 2.26. The molecule has 36 heavy (non-hydrogen) atoms. The van der Waals surface area contributed by atoms with Gasteiger partial charge in [0.15, 0.2) is 0 Å². The third-order valence-corrected chi connectivity index (χ3v) is 6.79. The summed E-state index contributed by atoms with van der Waals surface area (Å²) in [5, 5.41) is 11.5. The molecule has 1 saturated carbocycles. The predicted molar refractivity (Wildman–Crippen MR) is 145 cm³/mol. The molecule has 0 atom stereocenters. The molecule has 4 rings (SSSR count). The highest BCUT2D eigenvalue weighted by molar-refractivity contribution is 5.92. The molecule has 1 fully saturated rings. The number of hydrogen-bond acceptors (Lipinski definition) is 6. The van der Waals surface area contributed by atoms with E-state index in [1.54, 1.807) is 6.20 Å². The molecule has 1 amide bonds. The first-order chi connectivity index (χ1) is 17.2. The van der Waals surface area contributed by atoms with E-state index >= 15 is 0 Å². The minimum atomic E-state index is -0.127. The lowest BCUT2D eigenvalue weighted by Crippen LogP contribution is -2.35. The fraction of sp³-hybridized carbons (Fsp3) is 0.500. The molecule has 2 heterocycles. The molecule has 0 bridgehead atoms. The zero-order valence-corrected chi connectivity index (χ0v) is 22.2. The van der Waals surface area contributed by atoms with Crippen molar-refractivity contribution in [2.75, 3.05) is 30.9 Å². The van der Waals surface area contributed by atoms with Crippen LogP contribution in [-0.2, 0) is 12.0 Å².